The molecular formula is C16H27N5O. The molecule has 22 heavy (non-hydrogen) atoms. The maximum atomic E-state index is 11.8. The minimum atomic E-state index is 0.0841. The molecule has 0 unspecified atom stereocenters. The third kappa shape index (κ3) is 3.61. The summed E-state index contributed by atoms with van der Waals surface area (Å²) in [5, 5.41) is 6.59. The maximum absolute atomic E-state index is 11.8. The number of piperidine rings is 1. The Bertz CT molecular complexity index is 492. The van der Waals surface area contributed by atoms with Crippen molar-refractivity contribution in [2.45, 2.75) is 45.2 Å². The highest BCUT2D eigenvalue weighted by atomic mass is 16.2. The first-order valence-corrected chi connectivity index (χ1v) is 8.52. The summed E-state index contributed by atoms with van der Waals surface area (Å²) in [5.74, 6) is 1.93. The summed E-state index contributed by atoms with van der Waals surface area (Å²) in [4.78, 5) is 18.1. The van der Waals surface area contributed by atoms with E-state index in [1.165, 1.54) is 12.2 Å². The van der Waals surface area contributed by atoms with Crippen LogP contribution in [0.5, 0.6) is 0 Å². The Morgan fingerprint density at radius 3 is 2.95 bits per heavy atom. The molecule has 0 aliphatic carbocycles. The summed E-state index contributed by atoms with van der Waals surface area (Å²) in [6.45, 7) is 6.54. The van der Waals surface area contributed by atoms with E-state index < -0.39 is 0 Å². The first kappa shape index (κ1) is 15.3. The van der Waals surface area contributed by atoms with Crippen LogP contribution in [0.2, 0.25) is 0 Å². The number of hydrogen-bond donors (Lipinski definition) is 2. The number of aromatic nitrogens is 2. The third-order valence-corrected chi connectivity index (χ3v) is 4.84. The van der Waals surface area contributed by atoms with Gasteiger partial charge >= 0.3 is 6.03 Å². The SMILES string of the molecule is CCNC(=O)N1CCC(NC[C@@H]2CCc3nccn3C2)CC1. The van der Waals surface area contributed by atoms with Gasteiger partial charge in [0, 0.05) is 51.0 Å². The van der Waals surface area contributed by atoms with Crippen molar-refractivity contribution < 1.29 is 4.79 Å². The minimum absolute atomic E-state index is 0.0841. The highest BCUT2D eigenvalue weighted by Gasteiger charge is 2.24. The summed E-state index contributed by atoms with van der Waals surface area (Å²) >= 11 is 0. The lowest BCUT2D eigenvalue weighted by Crippen LogP contribution is -2.49. The lowest BCUT2D eigenvalue weighted by Gasteiger charge is -2.33. The number of aryl methyl sites for hydroxylation is 1. The van der Waals surface area contributed by atoms with Crippen LogP contribution >= 0.6 is 0 Å². The van der Waals surface area contributed by atoms with Crippen LogP contribution in [0.1, 0.15) is 32.0 Å². The van der Waals surface area contributed by atoms with Crippen molar-refractivity contribution in [1.82, 2.24) is 25.1 Å². The van der Waals surface area contributed by atoms with Gasteiger partial charge in [-0.1, -0.05) is 0 Å². The Balaban J connectivity index is 1.38. The molecule has 0 saturated carbocycles. The van der Waals surface area contributed by atoms with Crippen molar-refractivity contribution in [3.63, 3.8) is 0 Å². The lowest BCUT2D eigenvalue weighted by molar-refractivity contribution is 0.175. The summed E-state index contributed by atoms with van der Waals surface area (Å²) in [7, 11) is 0. The lowest BCUT2D eigenvalue weighted by atomic mass is 9.98. The van der Waals surface area contributed by atoms with Gasteiger partial charge in [-0.25, -0.2) is 9.78 Å². The average molecular weight is 305 g/mol. The number of nitrogens with one attached hydrogen (secondary N) is 2. The van der Waals surface area contributed by atoms with E-state index in [1.807, 2.05) is 18.0 Å². The second kappa shape index (κ2) is 7.13. The van der Waals surface area contributed by atoms with Crippen molar-refractivity contribution in [1.29, 1.82) is 0 Å². The van der Waals surface area contributed by atoms with Gasteiger partial charge in [-0.2, -0.15) is 0 Å². The number of urea groups is 1. The topological polar surface area (TPSA) is 62.2 Å². The molecule has 1 aromatic heterocycles. The van der Waals surface area contributed by atoms with Crippen LogP contribution in [0, 0.1) is 5.92 Å². The molecule has 6 heteroatoms. The zero-order valence-corrected chi connectivity index (χ0v) is 13.4. The van der Waals surface area contributed by atoms with E-state index in [9.17, 15) is 4.79 Å². The molecule has 2 amide bonds. The molecule has 122 valence electrons. The van der Waals surface area contributed by atoms with Crippen molar-refractivity contribution >= 4 is 6.03 Å². The summed E-state index contributed by atoms with van der Waals surface area (Å²) in [6, 6.07) is 0.635. The van der Waals surface area contributed by atoms with Gasteiger partial charge in [-0.05, 0) is 38.6 Å². The maximum Gasteiger partial charge on any atom is 0.317 e. The minimum Gasteiger partial charge on any atom is -0.338 e. The summed E-state index contributed by atoms with van der Waals surface area (Å²) < 4.78 is 2.29. The molecule has 2 aliphatic heterocycles. The number of rotatable bonds is 4. The van der Waals surface area contributed by atoms with E-state index in [1.54, 1.807) is 0 Å². The first-order chi connectivity index (χ1) is 10.8. The van der Waals surface area contributed by atoms with Gasteiger partial charge in [0.1, 0.15) is 5.82 Å². The fourth-order valence-electron chi connectivity index (χ4n) is 3.49. The highest BCUT2D eigenvalue weighted by molar-refractivity contribution is 5.74. The quantitative estimate of drug-likeness (QED) is 0.879. The van der Waals surface area contributed by atoms with E-state index >= 15 is 0 Å². The van der Waals surface area contributed by atoms with Gasteiger partial charge in [0.2, 0.25) is 0 Å². The van der Waals surface area contributed by atoms with Gasteiger partial charge in [0.25, 0.3) is 0 Å². The van der Waals surface area contributed by atoms with Crippen molar-refractivity contribution in [2.24, 2.45) is 5.92 Å². The standard InChI is InChI=1S/C16H27N5O/c1-2-17-16(22)20-8-5-14(6-9-20)19-11-13-3-4-15-18-7-10-21(15)12-13/h7,10,13-14,19H,2-6,8-9,11-12H2,1H3,(H,17,22)/t13-/m0/s1. The van der Waals surface area contributed by atoms with Crippen LogP contribution in [-0.2, 0) is 13.0 Å². The van der Waals surface area contributed by atoms with Crippen LogP contribution in [0.25, 0.3) is 0 Å². The molecule has 0 radical (unpaired) electrons. The molecule has 3 heterocycles. The van der Waals surface area contributed by atoms with Crippen molar-refractivity contribution in [3.8, 4) is 0 Å². The number of fused-ring (bicyclic) bond motifs is 1. The van der Waals surface area contributed by atoms with E-state index in [0.29, 0.717) is 18.5 Å². The summed E-state index contributed by atoms with van der Waals surface area (Å²) in [6.07, 6.45) is 8.42. The van der Waals surface area contributed by atoms with E-state index in [2.05, 4.69) is 26.4 Å². The molecule has 6 nitrogen and oxygen atoms in total. The van der Waals surface area contributed by atoms with Crippen molar-refractivity contribution in [2.75, 3.05) is 26.2 Å². The Hall–Kier alpha value is -1.56. The largest absolute Gasteiger partial charge is 0.338 e. The molecule has 1 atom stereocenters. The van der Waals surface area contributed by atoms with Gasteiger partial charge in [0.05, 0.1) is 0 Å². The molecule has 1 saturated heterocycles. The molecule has 0 aromatic carbocycles. The zero-order valence-electron chi connectivity index (χ0n) is 13.4. The first-order valence-electron chi connectivity index (χ1n) is 8.52. The number of amides is 2. The number of imidazole rings is 1. The highest BCUT2D eigenvalue weighted by Crippen LogP contribution is 2.19. The van der Waals surface area contributed by atoms with E-state index in [4.69, 9.17) is 0 Å². The Labute approximate surface area is 132 Å². The van der Waals surface area contributed by atoms with Gasteiger partial charge in [0.15, 0.2) is 0 Å². The normalized spacial score (nSPS) is 22.4. The fraction of sp³-hybridized carbons (Fsp3) is 0.750. The molecule has 2 aliphatic rings. The second-order valence-electron chi connectivity index (χ2n) is 6.41. The molecular weight excluding hydrogens is 278 g/mol. The second-order valence-corrected chi connectivity index (χ2v) is 6.41. The van der Waals surface area contributed by atoms with Gasteiger partial charge in [-0.3, -0.25) is 0 Å². The zero-order chi connectivity index (χ0) is 15.4. The fourth-order valence-corrected chi connectivity index (χ4v) is 3.49. The van der Waals surface area contributed by atoms with Crippen LogP contribution in [-0.4, -0.2) is 52.7 Å². The number of carbonyl (C=O) groups is 1. The number of nitrogens with zero attached hydrogens (tertiary/aromatic N) is 3. The molecule has 2 N–H and O–H groups in total. The third-order valence-electron chi connectivity index (χ3n) is 4.84. The smallest absolute Gasteiger partial charge is 0.317 e. The Morgan fingerprint density at radius 1 is 1.36 bits per heavy atom. The molecule has 1 aromatic rings. The predicted octanol–water partition coefficient (Wildman–Crippen LogP) is 1.23. The average Bonchev–Trinajstić information content (AvgIpc) is 3.01. The number of likely N-dealkylation sites (tertiary alicyclic amines) is 1. The number of hydrogen-bond acceptors (Lipinski definition) is 3. The van der Waals surface area contributed by atoms with Gasteiger partial charge < -0.3 is 20.1 Å². The monoisotopic (exact) mass is 305 g/mol. The molecule has 0 bridgehead atoms. The Kier molecular flexibility index (Phi) is 4.97. The van der Waals surface area contributed by atoms with Crippen LogP contribution in [0.3, 0.4) is 0 Å². The van der Waals surface area contributed by atoms with E-state index in [-0.39, 0.29) is 6.03 Å². The van der Waals surface area contributed by atoms with Gasteiger partial charge in [-0.15, -0.1) is 0 Å². The van der Waals surface area contributed by atoms with Crippen molar-refractivity contribution in [3.05, 3.63) is 18.2 Å². The number of carbonyl (C=O) groups excluding carboxylic acids is 1. The molecule has 0 spiro atoms. The Morgan fingerprint density at radius 2 is 2.18 bits per heavy atom. The van der Waals surface area contributed by atoms with Crippen LogP contribution < -0.4 is 10.6 Å². The van der Waals surface area contributed by atoms with Crippen LogP contribution in [0.4, 0.5) is 4.79 Å². The van der Waals surface area contributed by atoms with Crippen LogP contribution in [0.15, 0.2) is 12.4 Å². The summed E-state index contributed by atoms with van der Waals surface area (Å²) in [5.41, 5.74) is 0. The predicted molar refractivity (Wildman–Crippen MR) is 85.7 cm³/mol. The molecule has 1 fully saturated rings. The molecule has 3 rings (SSSR count). The van der Waals surface area contributed by atoms with E-state index in [0.717, 1.165) is 45.4 Å².